The molecule has 1 aromatic heterocycles. The van der Waals surface area contributed by atoms with Gasteiger partial charge in [0, 0.05) is 37.2 Å². The third-order valence-corrected chi connectivity index (χ3v) is 4.73. The lowest BCUT2D eigenvalue weighted by Gasteiger charge is -2.35. The van der Waals surface area contributed by atoms with Crippen molar-refractivity contribution in [2.75, 3.05) is 24.8 Å². The van der Waals surface area contributed by atoms with E-state index in [1.165, 1.54) is 0 Å². The maximum absolute atomic E-state index is 10.5. The molecule has 1 saturated heterocycles. The van der Waals surface area contributed by atoms with E-state index in [4.69, 9.17) is 9.47 Å². The molecule has 4 rings (SSSR count). The minimum atomic E-state index is -0.428. The Kier molecular flexibility index (Phi) is 3.79. The van der Waals surface area contributed by atoms with Crippen LogP contribution >= 0.6 is 0 Å². The largest absolute Gasteiger partial charge is 0.454 e. The third kappa shape index (κ3) is 2.84. The van der Waals surface area contributed by atoms with Crippen molar-refractivity contribution in [1.82, 2.24) is 4.98 Å². The second kappa shape index (κ2) is 6.08. The molecule has 1 unspecified atom stereocenters. The fourth-order valence-electron chi connectivity index (χ4n) is 3.38. The van der Waals surface area contributed by atoms with Gasteiger partial charge in [0.2, 0.25) is 6.79 Å². The van der Waals surface area contributed by atoms with Crippen molar-refractivity contribution in [1.29, 1.82) is 0 Å². The van der Waals surface area contributed by atoms with Crippen molar-refractivity contribution in [3.63, 3.8) is 0 Å². The summed E-state index contributed by atoms with van der Waals surface area (Å²) >= 11 is 0. The van der Waals surface area contributed by atoms with Crippen LogP contribution < -0.4 is 14.4 Å². The number of aliphatic hydroxyl groups excluding tert-OH is 1. The van der Waals surface area contributed by atoms with Gasteiger partial charge in [0.15, 0.2) is 11.5 Å². The summed E-state index contributed by atoms with van der Waals surface area (Å²) in [4.78, 5) is 6.44. The number of benzene rings is 1. The van der Waals surface area contributed by atoms with Gasteiger partial charge in [-0.2, -0.15) is 0 Å². The molecule has 1 N–H and O–H groups in total. The van der Waals surface area contributed by atoms with Crippen LogP contribution in [-0.2, 0) is 0 Å². The van der Waals surface area contributed by atoms with Crippen molar-refractivity contribution in [2.24, 2.45) is 5.92 Å². The van der Waals surface area contributed by atoms with E-state index in [1.54, 1.807) is 12.4 Å². The van der Waals surface area contributed by atoms with Crippen LogP contribution in [0.3, 0.4) is 0 Å². The molecule has 0 saturated carbocycles. The smallest absolute Gasteiger partial charge is 0.231 e. The number of rotatable bonds is 3. The summed E-state index contributed by atoms with van der Waals surface area (Å²) in [5, 5.41) is 10.5. The standard InChI is InChI=1S/C18H20N2O3/c21-18(14-2-1-7-19-11-14)13-5-8-20(9-6-13)15-3-4-16-17(10-15)23-12-22-16/h1-4,7,10-11,13,18,21H,5-6,8-9,12H2. The predicted molar refractivity (Wildman–Crippen MR) is 86.7 cm³/mol. The quantitative estimate of drug-likeness (QED) is 0.944. The SMILES string of the molecule is OC(c1cccnc1)C1CCN(c2ccc3c(c2)OCO3)CC1. The first-order valence-electron chi connectivity index (χ1n) is 8.04. The van der Waals surface area contributed by atoms with E-state index in [9.17, 15) is 5.11 Å². The van der Waals surface area contributed by atoms with Gasteiger partial charge in [-0.3, -0.25) is 4.98 Å². The number of aliphatic hydroxyl groups is 1. The molecule has 23 heavy (non-hydrogen) atoms. The van der Waals surface area contributed by atoms with Gasteiger partial charge in [-0.25, -0.2) is 0 Å². The highest BCUT2D eigenvalue weighted by molar-refractivity contribution is 5.57. The number of nitrogens with zero attached hydrogens (tertiary/aromatic N) is 2. The summed E-state index contributed by atoms with van der Waals surface area (Å²) in [5.74, 6) is 1.92. The van der Waals surface area contributed by atoms with Crippen LogP contribution in [0.25, 0.3) is 0 Å². The second-order valence-corrected chi connectivity index (χ2v) is 6.09. The Hall–Kier alpha value is -2.27. The monoisotopic (exact) mass is 312 g/mol. The number of fused-ring (bicyclic) bond motifs is 1. The molecule has 2 aromatic rings. The van der Waals surface area contributed by atoms with Gasteiger partial charge in [0.1, 0.15) is 0 Å². The first-order valence-corrected chi connectivity index (χ1v) is 8.04. The number of aromatic nitrogens is 1. The minimum Gasteiger partial charge on any atom is -0.454 e. The van der Waals surface area contributed by atoms with E-state index in [2.05, 4.69) is 16.0 Å². The Bertz CT molecular complexity index is 669. The lowest BCUT2D eigenvalue weighted by molar-refractivity contribution is 0.0926. The lowest BCUT2D eigenvalue weighted by atomic mass is 9.88. The molecule has 0 spiro atoms. The Labute approximate surface area is 135 Å². The molecule has 0 aliphatic carbocycles. The highest BCUT2D eigenvalue weighted by atomic mass is 16.7. The maximum atomic E-state index is 10.5. The number of ether oxygens (including phenoxy) is 2. The zero-order valence-corrected chi connectivity index (χ0v) is 12.9. The molecular weight excluding hydrogens is 292 g/mol. The summed E-state index contributed by atoms with van der Waals surface area (Å²) in [6, 6.07) is 9.90. The number of hydrogen-bond acceptors (Lipinski definition) is 5. The second-order valence-electron chi connectivity index (χ2n) is 6.09. The molecule has 1 atom stereocenters. The summed E-state index contributed by atoms with van der Waals surface area (Å²) in [6.07, 6.45) is 4.99. The molecule has 120 valence electrons. The van der Waals surface area contributed by atoms with Crippen LogP contribution in [-0.4, -0.2) is 30.0 Å². The fourth-order valence-corrected chi connectivity index (χ4v) is 3.38. The summed E-state index contributed by atoms with van der Waals surface area (Å²) in [7, 11) is 0. The number of anilines is 1. The zero-order chi connectivity index (χ0) is 15.6. The first-order chi connectivity index (χ1) is 11.3. The fraction of sp³-hybridized carbons (Fsp3) is 0.389. The molecular formula is C18H20N2O3. The van der Waals surface area contributed by atoms with Crippen LogP contribution in [0.15, 0.2) is 42.7 Å². The average molecular weight is 312 g/mol. The molecule has 0 radical (unpaired) electrons. The van der Waals surface area contributed by atoms with E-state index < -0.39 is 6.10 Å². The van der Waals surface area contributed by atoms with Gasteiger partial charge >= 0.3 is 0 Å². The molecule has 1 aromatic carbocycles. The Balaban J connectivity index is 1.41. The summed E-state index contributed by atoms with van der Waals surface area (Å²) in [5.41, 5.74) is 2.07. The topological polar surface area (TPSA) is 54.8 Å². The van der Waals surface area contributed by atoms with Crippen LogP contribution in [0.4, 0.5) is 5.69 Å². The average Bonchev–Trinajstić information content (AvgIpc) is 3.10. The molecule has 5 heteroatoms. The molecule has 1 fully saturated rings. The third-order valence-electron chi connectivity index (χ3n) is 4.73. The van der Waals surface area contributed by atoms with Gasteiger partial charge in [-0.1, -0.05) is 6.07 Å². The highest BCUT2D eigenvalue weighted by Crippen LogP contribution is 2.37. The van der Waals surface area contributed by atoms with Gasteiger partial charge in [0.25, 0.3) is 0 Å². The normalized spacial score (nSPS) is 18.9. The van der Waals surface area contributed by atoms with E-state index in [-0.39, 0.29) is 5.92 Å². The molecule has 3 heterocycles. The van der Waals surface area contributed by atoms with Crippen LogP contribution in [0.2, 0.25) is 0 Å². The Morgan fingerprint density at radius 2 is 1.96 bits per heavy atom. The van der Waals surface area contributed by atoms with Gasteiger partial charge in [-0.05, 0) is 42.5 Å². The summed E-state index contributed by atoms with van der Waals surface area (Å²) in [6.45, 7) is 2.17. The van der Waals surface area contributed by atoms with E-state index in [0.29, 0.717) is 6.79 Å². The lowest BCUT2D eigenvalue weighted by Crippen LogP contribution is -2.35. The van der Waals surface area contributed by atoms with Crippen molar-refractivity contribution in [3.8, 4) is 11.5 Å². The molecule has 2 aliphatic heterocycles. The van der Waals surface area contributed by atoms with Crippen molar-refractivity contribution < 1.29 is 14.6 Å². The van der Waals surface area contributed by atoms with Crippen molar-refractivity contribution in [3.05, 3.63) is 48.3 Å². The van der Waals surface area contributed by atoms with Gasteiger partial charge < -0.3 is 19.5 Å². The Morgan fingerprint density at radius 3 is 2.74 bits per heavy atom. The molecule has 5 nitrogen and oxygen atoms in total. The number of hydrogen-bond donors (Lipinski definition) is 1. The highest BCUT2D eigenvalue weighted by Gasteiger charge is 2.27. The zero-order valence-electron chi connectivity index (χ0n) is 12.9. The van der Waals surface area contributed by atoms with Crippen LogP contribution in [0.1, 0.15) is 24.5 Å². The molecule has 2 aliphatic rings. The first kappa shape index (κ1) is 14.3. The van der Waals surface area contributed by atoms with E-state index >= 15 is 0 Å². The summed E-state index contributed by atoms with van der Waals surface area (Å²) < 4.78 is 10.8. The molecule has 0 bridgehead atoms. The maximum Gasteiger partial charge on any atom is 0.231 e. The van der Waals surface area contributed by atoms with Gasteiger partial charge in [0.05, 0.1) is 6.10 Å². The van der Waals surface area contributed by atoms with E-state index in [1.807, 2.05) is 24.3 Å². The predicted octanol–water partition coefficient (Wildman–Crippen LogP) is 2.76. The van der Waals surface area contributed by atoms with Gasteiger partial charge in [-0.15, -0.1) is 0 Å². The van der Waals surface area contributed by atoms with E-state index in [0.717, 1.165) is 48.7 Å². The Morgan fingerprint density at radius 1 is 1.13 bits per heavy atom. The minimum absolute atomic E-state index is 0.282. The van der Waals surface area contributed by atoms with Crippen molar-refractivity contribution in [2.45, 2.75) is 18.9 Å². The number of piperidine rings is 1. The molecule has 0 amide bonds. The van der Waals surface area contributed by atoms with Crippen LogP contribution in [0.5, 0.6) is 11.5 Å². The number of pyridine rings is 1. The van der Waals surface area contributed by atoms with Crippen LogP contribution in [0, 0.1) is 5.92 Å². The van der Waals surface area contributed by atoms with Crippen molar-refractivity contribution >= 4 is 5.69 Å².